The molecule has 2 aliphatic rings. The zero-order chi connectivity index (χ0) is 24.4. The number of hydrogen-bond acceptors (Lipinski definition) is 5. The van der Waals surface area contributed by atoms with Crippen LogP contribution in [0.2, 0.25) is 0 Å². The molecule has 2 heterocycles. The standard InChI is InChI=1S/C28H29N3O4/c1-3-12-29-27(32)24-16-35-25(30-24)17-34-22-10-9-19-11-13-31(28(33)20-7-8-20)26(23(19)15-22)21-6-4-5-18(2)14-21/h3-6,9-10,14-16,20,26H,1,7-8,11-13,17H2,2H3,(H,29,32). The Hall–Kier alpha value is -3.87. The van der Waals surface area contributed by atoms with Crippen molar-refractivity contribution in [2.45, 2.75) is 38.8 Å². The van der Waals surface area contributed by atoms with E-state index in [0.717, 1.165) is 36.0 Å². The van der Waals surface area contributed by atoms with Crippen molar-refractivity contribution in [3.8, 4) is 5.75 Å². The smallest absolute Gasteiger partial charge is 0.273 e. The first-order chi connectivity index (χ1) is 17.0. The van der Waals surface area contributed by atoms with E-state index in [4.69, 9.17) is 9.15 Å². The highest BCUT2D eigenvalue weighted by atomic mass is 16.5. The number of nitrogens with one attached hydrogen (secondary N) is 1. The Kier molecular flexibility index (Phi) is 6.40. The van der Waals surface area contributed by atoms with Gasteiger partial charge in [0, 0.05) is 19.0 Å². The van der Waals surface area contributed by atoms with Crippen LogP contribution in [0, 0.1) is 12.8 Å². The minimum Gasteiger partial charge on any atom is -0.484 e. The summed E-state index contributed by atoms with van der Waals surface area (Å²) < 4.78 is 11.4. The van der Waals surface area contributed by atoms with Gasteiger partial charge in [-0.1, -0.05) is 42.0 Å². The first-order valence-electron chi connectivity index (χ1n) is 12.0. The quantitative estimate of drug-likeness (QED) is 0.494. The molecule has 1 N–H and O–H groups in total. The molecular formula is C28H29N3O4. The number of oxazole rings is 1. The van der Waals surface area contributed by atoms with Gasteiger partial charge in [-0.3, -0.25) is 9.59 Å². The Morgan fingerprint density at radius 3 is 2.89 bits per heavy atom. The third kappa shape index (κ3) is 4.99. The lowest BCUT2D eigenvalue weighted by Crippen LogP contribution is -2.41. The van der Waals surface area contributed by atoms with Crippen molar-refractivity contribution in [3.63, 3.8) is 0 Å². The maximum Gasteiger partial charge on any atom is 0.273 e. The van der Waals surface area contributed by atoms with Gasteiger partial charge in [-0.15, -0.1) is 6.58 Å². The fraction of sp³-hybridized carbons (Fsp3) is 0.321. The van der Waals surface area contributed by atoms with Crippen molar-refractivity contribution in [3.05, 3.63) is 95.2 Å². The van der Waals surface area contributed by atoms with E-state index in [1.807, 2.05) is 23.1 Å². The molecule has 1 atom stereocenters. The van der Waals surface area contributed by atoms with Gasteiger partial charge in [-0.2, -0.15) is 0 Å². The largest absolute Gasteiger partial charge is 0.484 e. The van der Waals surface area contributed by atoms with Crippen LogP contribution in [0.3, 0.4) is 0 Å². The van der Waals surface area contributed by atoms with Gasteiger partial charge in [-0.05, 0) is 55.0 Å². The Balaban J connectivity index is 1.38. The number of aryl methyl sites for hydroxylation is 1. The molecule has 5 rings (SSSR count). The van der Waals surface area contributed by atoms with Crippen LogP contribution in [0.25, 0.3) is 0 Å². The summed E-state index contributed by atoms with van der Waals surface area (Å²) in [6, 6.07) is 14.3. The fourth-order valence-corrected chi connectivity index (χ4v) is 4.57. The Bertz CT molecular complexity index is 1260. The van der Waals surface area contributed by atoms with Crippen molar-refractivity contribution >= 4 is 11.8 Å². The van der Waals surface area contributed by atoms with E-state index in [1.54, 1.807) is 6.08 Å². The van der Waals surface area contributed by atoms with Gasteiger partial charge in [-0.25, -0.2) is 4.98 Å². The predicted molar refractivity (Wildman–Crippen MR) is 131 cm³/mol. The second kappa shape index (κ2) is 9.78. The van der Waals surface area contributed by atoms with Gasteiger partial charge in [0.05, 0.1) is 6.04 Å². The molecule has 1 aromatic heterocycles. The Morgan fingerprint density at radius 1 is 1.26 bits per heavy atom. The van der Waals surface area contributed by atoms with Crippen LogP contribution >= 0.6 is 0 Å². The minimum absolute atomic E-state index is 0.0906. The van der Waals surface area contributed by atoms with Crippen molar-refractivity contribution in [1.82, 2.24) is 15.2 Å². The van der Waals surface area contributed by atoms with E-state index in [2.05, 4.69) is 48.1 Å². The zero-order valence-electron chi connectivity index (χ0n) is 19.8. The summed E-state index contributed by atoms with van der Waals surface area (Å²) in [5.74, 6) is 1.06. The van der Waals surface area contributed by atoms with Crippen molar-refractivity contribution in [2.24, 2.45) is 5.92 Å². The number of carbonyl (C=O) groups excluding carboxylic acids is 2. The van der Waals surface area contributed by atoms with Crippen molar-refractivity contribution in [1.29, 1.82) is 0 Å². The highest BCUT2D eigenvalue weighted by Gasteiger charge is 2.39. The molecule has 35 heavy (non-hydrogen) atoms. The average Bonchev–Trinajstić information content (AvgIpc) is 3.62. The lowest BCUT2D eigenvalue weighted by atomic mass is 9.87. The van der Waals surface area contributed by atoms with Crippen LogP contribution in [-0.2, 0) is 17.8 Å². The van der Waals surface area contributed by atoms with Crippen LogP contribution in [0.4, 0.5) is 0 Å². The number of aromatic nitrogens is 1. The van der Waals surface area contributed by atoms with Gasteiger partial charge in [0.25, 0.3) is 5.91 Å². The summed E-state index contributed by atoms with van der Waals surface area (Å²) in [6.07, 6.45) is 5.70. The molecule has 7 heteroatoms. The number of nitrogens with zero attached hydrogens (tertiary/aromatic N) is 2. The Labute approximate surface area is 204 Å². The molecule has 3 aromatic rings. The third-order valence-corrected chi connectivity index (χ3v) is 6.47. The lowest BCUT2D eigenvalue weighted by Gasteiger charge is -2.38. The summed E-state index contributed by atoms with van der Waals surface area (Å²) in [6.45, 7) is 6.81. The molecule has 0 radical (unpaired) electrons. The molecule has 1 aliphatic carbocycles. The molecule has 0 saturated heterocycles. The maximum absolute atomic E-state index is 13.2. The van der Waals surface area contributed by atoms with Gasteiger partial charge in [0.1, 0.15) is 12.0 Å². The van der Waals surface area contributed by atoms with Gasteiger partial charge in [0.15, 0.2) is 12.3 Å². The van der Waals surface area contributed by atoms with Crippen LogP contribution in [0.1, 0.15) is 57.5 Å². The molecule has 1 aliphatic heterocycles. The fourth-order valence-electron chi connectivity index (χ4n) is 4.57. The summed E-state index contributed by atoms with van der Waals surface area (Å²) in [7, 11) is 0. The van der Waals surface area contributed by atoms with Crippen LogP contribution in [-0.4, -0.2) is 34.8 Å². The number of benzene rings is 2. The van der Waals surface area contributed by atoms with Crippen LogP contribution in [0.15, 0.2) is 65.8 Å². The van der Waals surface area contributed by atoms with Crippen LogP contribution < -0.4 is 10.1 Å². The molecule has 1 fully saturated rings. The van der Waals surface area contributed by atoms with E-state index >= 15 is 0 Å². The van der Waals surface area contributed by atoms with Crippen molar-refractivity contribution in [2.75, 3.05) is 13.1 Å². The molecule has 180 valence electrons. The molecule has 1 saturated carbocycles. The summed E-state index contributed by atoms with van der Waals surface area (Å²) >= 11 is 0. The van der Waals surface area contributed by atoms with E-state index in [1.165, 1.54) is 11.8 Å². The maximum atomic E-state index is 13.2. The molecular weight excluding hydrogens is 442 g/mol. The molecule has 2 amide bonds. The van der Waals surface area contributed by atoms with E-state index in [9.17, 15) is 9.59 Å². The van der Waals surface area contributed by atoms with E-state index in [0.29, 0.717) is 24.7 Å². The topological polar surface area (TPSA) is 84.7 Å². The minimum atomic E-state index is -0.324. The molecule has 0 bridgehead atoms. The summed E-state index contributed by atoms with van der Waals surface area (Å²) in [5, 5.41) is 2.67. The van der Waals surface area contributed by atoms with Crippen LogP contribution in [0.5, 0.6) is 5.75 Å². The second-order valence-electron chi connectivity index (χ2n) is 9.15. The first kappa shape index (κ1) is 22.9. The summed E-state index contributed by atoms with van der Waals surface area (Å²) in [4.78, 5) is 31.5. The lowest BCUT2D eigenvalue weighted by molar-refractivity contribution is -0.134. The molecule has 2 aromatic carbocycles. The highest BCUT2D eigenvalue weighted by Crippen LogP contribution is 2.41. The number of amides is 2. The predicted octanol–water partition coefficient (Wildman–Crippen LogP) is 4.36. The number of fused-ring (bicyclic) bond motifs is 1. The SMILES string of the molecule is C=CCNC(=O)c1coc(COc2ccc3c(c2)C(c2cccc(C)c2)N(C(=O)C2CC2)CC3)n1. The third-order valence-electron chi connectivity index (χ3n) is 6.47. The number of ether oxygens (including phenoxy) is 1. The molecule has 1 unspecified atom stereocenters. The van der Waals surface area contributed by atoms with Gasteiger partial charge >= 0.3 is 0 Å². The number of rotatable bonds is 8. The normalized spacial score (nSPS) is 16.9. The molecule has 7 nitrogen and oxygen atoms in total. The molecule has 0 spiro atoms. The summed E-state index contributed by atoms with van der Waals surface area (Å²) in [5.41, 5.74) is 4.79. The van der Waals surface area contributed by atoms with Gasteiger partial charge in [0.2, 0.25) is 11.8 Å². The second-order valence-corrected chi connectivity index (χ2v) is 9.15. The highest BCUT2D eigenvalue weighted by molar-refractivity contribution is 5.91. The average molecular weight is 472 g/mol. The van der Waals surface area contributed by atoms with E-state index in [-0.39, 0.29) is 36.1 Å². The van der Waals surface area contributed by atoms with Crippen molar-refractivity contribution < 1.29 is 18.7 Å². The van der Waals surface area contributed by atoms with E-state index < -0.39 is 0 Å². The monoisotopic (exact) mass is 471 g/mol. The first-order valence-corrected chi connectivity index (χ1v) is 12.0. The zero-order valence-corrected chi connectivity index (χ0v) is 19.8. The Morgan fingerprint density at radius 2 is 2.11 bits per heavy atom. The number of carbonyl (C=O) groups is 2. The number of hydrogen-bond donors (Lipinski definition) is 1. The van der Waals surface area contributed by atoms with Gasteiger partial charge < -0.3 is 19.4 Å².